The normalized spacial score (nSPS) is 21.0. The molecule has 1 amide bonds. The number of halogens is 2. The number of benzene rings is 2. The fourth-order valence-corrected chi connectivity index (χ4v) is 3.48. The summed E-state index contributed by atoms with van der Waals surface area (Å²) in [6.45, 7) is 1.83. The van der Waals surface area contributed by atoms with Crippen molar-refractivity contribution in [2.75, 3.05) is 13.1 Å². The predicted molar refractivity (Wildman–Crippen MR) is 90.4 cm³/mol. The van der Waals surface area contributed by atoms with Gasteiger partial charge < -0.3 is 10.4 Å². The van der Waals surface area contributed by atoms with Crippen molar-refractivity contribution in [2.45, 2.75) is 24.9 Å². The second kappa shape index (κ2) is 7.61. The Kier molecular flexibility index (Phi) is 5.28. The summed E-state index contributed by atoms with van der Waals surface area (Å²) in [5.74, 6) is -1.41. The van der Waals surface area contributed by atoms with Crippen LogP contribution in [0, 0.1) is 11.6 Å². The van der Waals surface area contributed by atoms with Gasteiger partial charge in [0, 0.05) is 19.0 Å². The Labute approximate surface area is 145 Å². The molecule has 1 aliphatic heterocycles. The fourth-order valence-electron chi connectivity index (χ4n) is 3.48. The molecule has 0 unspecified atom stereocenters. The molecule has 0 radical (unpaired) electrons. The Hall–Kier alpha value is -2.47. The highest BCUT2D eigenvalue weighted by Gasteiger charge is 2.33. The summed E-state index contributed by atoms with van der Waals surface area (Å²) in [5.41, 5.74) is 1.37. The number of nitrogens with zero attached hydrogens (tertiary/aromatic N) is 1. The Bertz CT molecular complexity index is 739. The number of carbonyl (C=O) groups is 1. The molecule has 0 aromatic heterocycles. The SMILES string of the molecule is O=C(O)N[C@H]1CN(Cc2ccccc2)CC[C@@H]1c1cc(F)ccc1F. The summed E-state index contributed by atoms with van der Waals surface area (Å²) in [4.78, 5) is 13.3. The highest BCUT2D eigenvalue weighted by molar-refractivity contribution is 5.65. The average molecular weight is 346 g/mol. The van der Waals surface area contributed by atoms with E-state index in [2.05, 4.69) is 10.2 Å². The van der Waals surface area contributed by atoms with Crippen molar-refractivity contribution < 1.29 is 18.7 Å². The molecular formula is C19H20F2N2O2. The van der Waals surface area contributed by atoms with Gasteiger partial charge in [-0.15, -0.1) is 0 Å². The minimum absolute atomic E-state index is 0.234. The molecule has 1 saturated heterocycles. The van der Waals surface area contributed by atoms with Crippen molar-refractivity contribution in [3.63, 3.8) is 0 Å². The van der Waals surface area contributed by atoms with Crippen LogP contribution in [0.25, 0.3) is 0 Å². The van der Waals surface area contributed by atoms with Crippen LogP contribution >= 0.6 is 0 Å². The highest BCUT2D eigenvalue weighted by atomic mass is 19.1. The van der Waals surface area contributed by atoms with Crippen molar-refractivity contribution in [3.8, 4) is 0 Å². The molecular weight excluding hydrogens is 326 g/mol. The van der Waals surface area contributed by atoms with Gasteiger partial charge in [-0.1, -0.05) is 30.3 Å². The van der Waals surface area contributed by atoms with E-state index in [1.54, 1.807) is 0 Å². The van der Waals surface area contributed by atoms with Gasteiger partial charge in [0.05, 0.1) is 6.04 Å². The van der Waals surface area contributed by atoms with Gasteiger partial charge >= 0.3 is 6.09 Å². The average Bonchev–Trinajstić information content (AvgIpc) is 2.58. The first-order valence-corrected chi connectivity index (χ1v) is 8.23. The number of likely N-dealkylation sites (tertiary alicyclic amines) is 1. The van der Waals surface area contributed by atoms with Crippen LogP contribution < -0.4 is 5.32 Å². The van der Waals surface area contributed by atoms with E-state index in [1.807, 2.05) is 30.3 Å². The fraction of sp³-hybridized carbons (Fsp3) is 0.316. The molecule has 0 saturated carbocycles. The molecule has 4 nitrogen and oxygen atoms in total. The highest BCUT2D eigenvalue weighted by Crippen LogP contribution is 2.31. The molecule has 6 heteroatoms. The topological polar surface area (TPSA) is 52.6 Å². The summed E-state index contributed by atoms with van der Waals surface area (Å²) in [7, 11) is 0. The van der Waals surface area contributed by atoms with Gasteiger partial charge in [0.1, 0.15) is 11.6 Å². The zero-order chi connectivity index (χ0) is 17.8. The lowest BCUT2D eigenvalue weighted by Gasteiger charge is -2.38. The van der Waals surface area contributed by atoms with E-state index in [9.17, 15) is 13.6 Å². The molecule has 3 rings (SSSR count). The monoisotopic (exact) mass is 346 g/mol. The third-order valence-corrected chi connectivity index (χ3v) is 4.61. The minimum atomic E-state index is -1.16. The lowest BCUT2D eigenvalue weighted by molar-refractivity contribution is 0.146. The zero-order valence-electron chi connectivity index (χ0n) is 13.7. The summed E-state index contributed by atoms with van der Waals surface area (Å²) in [5, 5.41) is 11.6. The smallest absolute Gasteiger partial charge is 0.404 e. The quantitative estimate of drug-likeness (QED) is 0.890. The summed E-state index contributed by atoms with van der Waals surface area (Å²) in [6, 6.07) is 12.7. The van der Waals surface area contributed by atoms with E-state index in [-0.39, 0.29) is 11.5 Å². The first-order chi connectivity index (χ1) is 12.0. The number of nitrogens with one attached hydrogen (secondary N) is 1. The van der Waals surface area contributed by atoms with Crippen molar-refractivity contribution in [1.29, 1.82) is 0 Å². The maximum Gasteiger partial charge on any atom is 0.404 e. The molecule has 2 atom stereocenters. The molecule has 1 fully saturated rings. The lowest BCUT2D eigenvalue weighted by atomic mass is 9.84. The van der Waals surface area contributed by atoms with Crippen LogP contribution in [-0.2, 0) is 6.54 Å². The van der Waals surface area contributed by atoms with Crippen molar-refractivity contribution in [3.05, 3.63) is 71.3 Å². The predicted octanol–water partition coefficient (Wildman–Crippen LogP) is 3.59. The largest absolute Gasteiger partial charge is 0.465 e. The van der Waals surface area contributed by atoms with Gasteiger partial charge in [-0.05, 0) is 42.3 Å². The van der Waals surface area contributed by atoms with Gasteiger partial charge in [0.15, 0.2) is 0 Å². The van der Waals surface area contributed by atoms with Gasteiger partial charge in [0.2, 0.25) is 0 Å². The van der Waals surface area contributed by atoms with Gasteiger partial charge in [-0.3, -0.25) is 4.90 Å². The maximum absolute atomic E-state index is 14.2. The summed E-state index contributed by atoms with van der Waals surface area (Å²) < 4.78 is 27.7. The molecule has 25 heavy (non-hydrogen) atoms. The number of piperidine rings is 1. The first-order valence-electron chi connectivity index (χ1n) is 8.23. The van der Waals surface area contributed by atoms with Crippen molar-refractivity contribution >= 4 is 6.09 Å². The number of amides is 1. The Morgan fingerprint density at radius 2 is 1.96 bits per heavy atom. The molecule has 2 aromatic rings. The zero-order valence-corrected chi connectivity index (χ0v) is 13.7. The first kappa shape index (κ1) is 17.4. The van der Waals surface area contributed by atoms with E-state index in [0.29, 0.717) is 26.1 Å². The number of hydrogen-bond donors (Lipinski definition) is 2. The minimum Gasteiger partial charge on any atom is -0.465 e. The molecule has 132 valence electrons. The third-order valence-electron chi connectivity index (χ3n) is 4.61. The number of hydrogen-bond acceptors (Lipinski definition) is 2. The number of rotatable bonds is 4. The van der Waals surface area contributed by atoms with Crippen LogP contribution in [0.5, 0.6) is 0 Å². The van der Waals surface area contributed by atoms with Crippen molar-refractivity contribution in [1.82, 2.24) is 10.2 Å². The number of carboxylic acid groups (broad SMARTS) is 1. The van der Waals surface area contributed by atoms with Gasteiger partial charge in [-0.2, -0.15) is 0 Å². The van der Waals surface area contributed by atoms with Crippen LogP contribution in [0.3, 0.4) is 0 Å². The summed E-state index contributed by atoms with van der Waals surface area (Å²) >= 11 is 0. The third kappa shape index (κ3) is 4.33. The molecule has 2 N–H and O–H groups in total. The lowest BCUT2D eigenvalue weighted by Crippen LogP contribution is -2.51. The standard InChI is InChI=1S/C19H20F2N2O2/c20-14-6-7-17(21)16(10-14)15-8-9-23(12-18(15)22-19(24)25)11-13-4-2-1-3-5-13/h1-7,10,15,18,22H,8-9,11-12H2,(H,24,25)/t15-,18+/m1/s1. The van der Waals surface area contributed by atoms with Crippen LogP contribution in [0.2, 0.25) is 0 Å². The second-order valence-electron chi connectivity index (χ2n) is 6.34. The van der Waals surface area contributed by atoms with Crippen LogP contribution in [-0.4, -0.2) is 35.2 Å². The second-order valence-corrected chi connectivity index (χ2v) is 6.34. The summed E-state index contributed by atoms with van der Waals surface area (Å²) in [6.07, 6.45) is -0.605. The van der Waals surface area contributed by atoms with E-state index in [1.165, 1.54) is 6.07 Å². The molecule has 0 bridgehead atoms. The Morgan fingerprint density at radius 3 is 2.68 bits per heavy atom. The van der Waals surface area contributed by atoms with Crippen LogP contribution in [0.1, 0.15) is 23.5 Å². The molecule has 0 aliphatic carbocycles. The van der Waals surface area contributed by atoms with E-state index >= 15 is 0 Å². The molecule has 1 heterocycles. The Balaban J connectivity index is 1.78. The van der Waals surface area contributed by atoms with E-state index in [4.69, 9.17) is 5.11 Å². The van der Waals surface area contributed by atoms with E-state index in [0.717, 1.165) is 17.7 Å². The van der Waals surface area contributed by atoms with Gasteiger partial charge in [0.25, 0.3) is 0 Å². The van der Waals surface area contributed by atoms with E-state index < -0.39 is 23.8 Å². The van der Waals surface area contributed by atoms with Crippen LogP contribution in [0.4, 0.5) is 13.6 Å². The maximum atomic E-state index is 14.2. The molecule has 2 aromatic carbocycles. The van der Waals surface area contributed by atoms with Crippen LogP contribution in [0.15, 0.2) is 48.5 Å². The molecule has 0 spiro atoms. The van der Waals surface area contributed by atoms with Gasteiger partial charge in [-0.25, -0.2) is 13.6 Å². The Morgan fingerprint density at radius 1 is 1.20 bits per heavy atom. The molecule has 1 aliphatic rings. The van der Waals surface area contributed by atoms with Crippen molar-refractivity contribution in [2.24, 2.45) is 0 Å².